The van der Waals surface area contributed by atoms with Gasteiger partial charge in [0.2, 0.25) is 0 Å². The molecule has 1 unspecified atom stereocenters. The van der Waals surface area contributed by atoms with Crippen molar-refractivity contribution in [2.45, 2.75) is 25.2 Å². The standard InChI is InChI=1S/C11H14O2S/c1-3-6-11(4-2,10(12)13)9-5-7-14-8-9/h3,5,7-8H,1,4,6H2,2H3,(H,12,13). The first-order valence-electron chi connectivity index (χ1n) is 4.54. The summed E-state index contributed by atoms with van der Waals surface area (Å²) in [6, 6.07) is 1.88. The van der Waals surface area contributed by atoms with Crippen LogP contribution in [0.3, 0.4) is 0 Å². The highest BCUT2D eigenvalue weighted by Gasteiger charge is 2.37. The number of carboxylic acids is 1. The smallest absolute Gasteiger partial charge is 0.314 e. The fraction of sp³-hybridized carbons (Fsp3) is 0.364. The molecule has 0 radical (unpaired) electrons. The van der Waals surface area contributed by atoms with Gasteiger partial charge in [-0.05, 0) is 35.2 Å². The minimum absolute atomic E-state index is 0.482. The Morgan fingerprint density at radius 1 is 1.79 bits per heavy atom. The lowest BCUT2D eigenvalue weighted by Gasteiger charge is -2.25. The molecule has 0 saturated heterocycles. The number of allylic oxidation sites excluding steroid dienone is 1. The second-order valence-electron chi connectivity index (χ2n) is 3.25. The van der Waals surface area contributed by atoms with Crippen molar-refractivity contribution < 1.29 is 9.90 Å². The molecule has 0 aliphatic carbocycles. The second kappa shape index (κ2) is 4.42. The average Bonchev–Trinajstić information content (AvgIpc) is 2.66. The predicted octanol–water partition coefficient (Wildman–Crippen LogP) is 3.06. The van der Waals surface area contributed by atoms with Crippen LogP contribution in [-0.2, 0) is 10.2 Å². The summed E-state index contributed by atoms with van der Waals surface area (Å²) < 4.78 is 0. The van der Waals surface area contributed by atoms with E-state index < -0.39 is 11.4 Å². The van der Waals surface area contributed by atoms with Gasteiger partial charge >= 0.3 is 5.97 Å². The zero-order valence-electron chi connectivity index (χ0n) is 8.19. The molecule has 0 amide bonds. The molecule has 3 heteroatoms. The first kappa shape index (κ1) is 11.0. The molecule has 2 nitrogen and oxygen atoms in total. The van der Waals surface area contributed by atoms with Crippen LogP contribution in [0.2, 0.25) is 0 Å². The van der Waals surface area contributed by atoms with Gasteiger partial charge in [0.1, 0.15) is 0 Å². The Balaban J connectivity index is 3.13. The van der Waals surface area contributed by atoms with Crippen LogP contribution in [0.25, 0.3) is 0 Å². The minimum atomic E-state index is -0.776. The zero-order chi connectivity index (χ0) is 10.6. The Labute approximate surface area is 87.9 Å². The number of hydrogen-bond donors (Lipinski definition) is 1. The van der Waals surface area contributed by atoms with Gasteiger partial charge in [0.05, 0.1) is 5.41 Å². The average molecular weight is 210 g/mol. The third-order valence-corrected chi connectivity index (χ3v) is 3.26. The molecule has 0 bridgehead atoms. The predicted molar refractivity (Wildman–Crippen MR) is 58.7 cm³/mol. The van der Waals surface area contributed by atoms with Crippen molar-refractivity contribution >= 4 is 17.3 Å². The molecule has 76 valence electrons. The zero-order valence-corrected chi connectivity index (χ0v) is 9.01. The van der Waals surface area contributed by atoms with Gasteiger partial charge in [0.15, 0.2) is 0 Å². The van der Waals surface area contributed by atoms with E-state index >= 15 is 0 Å². The summed E-state index contributed by atoms with van der Waals surface area (Å²) in [6.45, 7) is 5.52. The van der Waals surface area contributed by atoms with E-state index in [2.05, 4.69) is 6.58 Å². The molecule has 1 heterocycles. The summed E-state index contributed by atoms with van der Waals surface area (Å²) in [5.74, 6) is -0.765. The molecular formula is C11H14O2S. The molecule has 1 aromatic heterocycles. The third kappa shape index (κ3) is 1.73. The fourth-order valence-electron chi connectivity index (χ4n) is 1.61. The largest absolute Gasteiger partial charge is 0.481 e. The minimum Gasteiger partial charge on any atom is -0.481 e. The highest BCUT2D eigenvalue weighted by Crippen LogP contribution is 2.33. The fourth-order valence-corrected chi connectivity index (χ4v) is 2.37. The number of rotatable bonds is 5. The highest BCUT2D eigenvalue weighted by molar-refractivity contribution is 7.08. The topological polar surface area (TPSA) is 37.3 Å². The van der Waals surface area contributed by atoms with Gasteiger partial charge in [-0.25, -0.2) is 0 Å². The van der Waals surface area contributed by atoms with Crippen molar-refractivity contribution in [3.63, 3.8) is 0 Å². The van der Waals surface area contributed by atoms with E-state index in [0.29, 0.717) is 12.8 Å². The Bertz CT molecular complexity index is 316. The van der Waals surface area contributed by atoms with Gasteiger partial charge in [-0.3, -0.25) is 4.79 Å². The van der Waals surface area contributed by atoms with E-state index in [0.717, 1.165) is 5.56 Å². The van der Waals surface area contributed by atoms with Crippen molar-refractivity contribution in [3.8, 4) is 0 Å². The number of thiophene rings is 1. The molecule has 14 heavy (non-hydrogen) atoms. The van der Waals surface area contributed by atoms with Crippen molar-refractivity contribution in [2.75, 3.05) is 0 Å². The maximum atomic E-state index is 11.3. The number of aliphatic carboxylic acids is 1. The normalized spacial score (nSPS) is 14.6. The maximum absolute atomic E-state index is 11.3. The molecule has 0 aliphatic rings. The quantitative estimate of drug-likeness (QED) is 0.758. The number of carboxylic acid groups (broad SMARTS) is 1. The lowest BCUT2D eigenvalue weighted by atomic mass is 9.77. The van der Waals surface area contributed by atoms with E-state index in [9.17, 15) is 9.90 Å². The van der Waals surface area contributed by atoms with Gasteiger partial charge in [0.25, 0.3) is 0 Å². The summed E-state index contributed by atoms with van der Waals surface area (Å²) in [5.41, 5.74) is 0.110. The Morgan fingerprint density at radius 2 is 2.50 bits per heavy atom. The molecule has 0 aliphatic heterocycles. The van der Waals surface area contributed by atoms with E-state index in [-0.39, 0.29) is 0 Å². The molecule has 1 N–H and O–H groups in total. The summed E-state index contributed by atoms with van der Waals surface area (Å²) in [4.78, 5) is 11.3. The van der Waals surface area contributed by atoms with Crippen LogP contribution >= 0.6 is 11.3 Å². The maximum Gasteiger partial charge on any atom is 0.314 e. The second-order valence-corrected chi connectivity index (χ2v) is 4.03. The van der Waals surface area contributed by atoms with Gasteiger partial charge < -0.3 is 5.11 Å². The van der Waals surface area contributed by atoms with Crippen LogP contribution in [0, 0.1) is 0 Å². The van der Waals surface area contributed by atoms with Crippen LogP contribution in [0.5, 0.6) is 0 Å². The van der Waals surface area contributed by atoms with Crippen molar-refractivity contribution in [2.24, 2.45) is 0 Å². The number of hydrogen-bond acceptors (Lipinski definition) is 2. The lowest BCUT2D eigenvalue weighted by molar-refractivity contribution is -0.144. The van der Waals surface area contributed by atoms with Crippen molar-refractivity contribution in [3.05, 3.63) is 35.0 Å². The summed E-state index contributed by atoms with van der Waals surface area (Å²) in [7, 11) is 0. The number of carbonyl (C=O) groups is 1. The molecule has 1 aromatic rings. The first-order valence-corrected chi connectivity index (χ1v) is 5.48. The summed E-state index contributed by atoms with van der Waals surface area (Å²) in [5, 5.41) is 13.1. The third-order valence-electron chi connectivity index (χ3n) is 2.58. The van der Waals surface area contributed by atoms with Crippen molar-refractivity contribution in [1.29, 1.82) is 0 Å². The lowest BCUT2D eigenvalue weighted by Crippen LogP contribution is -2.34. The summed E-state index contributed by atoms with van der Waals surface area (Å²) in [6.07, 6.45) is 2.75. The summed E-state index contributed by atoms with van der Waals surface area (Å²) >= 11 is 1.53. The van der Waals surface area contributed by atoms with Gasteiger partial charge in [-0.1, -0.05) is 13.0 Å². The van der Waals surface area contributed by atoms with E-state index in [1.165, 1.54) is 11.3 Å². The molecule has 0 fully saturated rings. The first-order chi connectivity index (χ1) is 6.67. The van der Waals surface area contributed by atoms with Crippen LogP contribution in [0.1, 0.15) is 25.3 Å². The van der Waals surface area contributed by atoms with Crippen molar-refractivity contribution in [1.82, 2.24) is 0 Å². The van der Waals surface area contributed by atoms with Crippen LogP contribution < -0.4 is 0 Å². The van der Waals surface area contributed by atoms with Gasteiger partial charge in [-0.15, -0.1) is 6.58 Å². The van der Waals surface area contributed by atoms with Crippen LogP contribution in [0.15, 0.2) is 29.5 Å². The molecular weight excluding hydrogens is 196 g/mol. The van der Waals surface area contributed by atoms with Crippen LogP contribution in [-0.4, -0.2) is 11.1 Å². The van der Waals surface area contributed by atoms with Crippen LogP contribution in [0.4, 0.5) is 0 Å². The SMILES string of the molecule is C=CCC(CC)(C(=O)O)c1ccsc1. The molecule has 0 spiro atoms. The molecule has 0 aromatic carbocycles. The van der Waals surface area contributed by atoms with Gasteiger partial charge in [-0.2, -0.15) is 11.3 Å². The highest BCUT2D eigenvalue weighted by atomic mass is 32.1. The van der Waals surface area contributed by atoms with E-state index in [4.69, 9.17) is 0 Å². The molecule has 1 rings (SSSR count). The molecule has 0 saturated carbocycles. The Morgan fingerprint density at radius 3 is 2.86 bits per heavy atom. The monoisotopic (exact) mass is 210 g/mol. The Kier molecular flexibility index (Phi) is 3.47. The van der Waals surface area contributed by atoms with E-state index in [1.54, 1.807) is 6.08 Å². The molecule has 1 atom stereocenters. The van der Waals surface area contributed by atoms with E-state index in [1.807, 2.05) is 23.8 Å². The van der Waals surface area contributed by atoms with Gasteiger partial charge in [0, 0.05) is 0 Å². The Hall–Kier alpha value is -1.09.